The third-order valence-electron chi connectivity index (χ3n) is 2.16. The summed E-state index contributed by atoms with van der Waals surface area (Å²) >= 11 is 0. The zero-order chi connectivity index (χ0) is 10.4. The molecule has 78 valence electrons. The van der Waals surface area contributed by atoms with Crippen LogP contribution in [0.25, 0.3) is 0 Å². The van der Waals surface area contributed by atoms with Crippen molar-refractivity contribution in [3.05, 3.63) is 23.9 Å². The van der Waals surface area contributed by atoms with Crippen molar-refractivity contribution in [1.29, 1.82) is 0 Å². The summed E-state index contributed by atoms with van der Waals surface area (Å²) in [5, 5.41) is 3.33. The number of hydrogen-bond acceptors (Lipinski definition) is 3. The van der Waals surface area contributed by atoms with Gasteiger partial charge < -0.3 is 11.1 Å². The number of hydrogen-bond donors (Lipinski definition) is 2. The molecule has 1 rings (SSSR count). The van der Waals surface area contributed by atoms with Crippen LogP contribution in [0.15, 0.2) is 18.2 Å². The van der Waals surface area contributed by atoms with Crippen molar-refractivity contribution >= 4 is 5.82 Å². The predicted octanol–water partition coefficient (Wildman–Crippen LogP) is 1.93. The second-order valence-corrected chi connectivity index (χ2v) is 3.53. The van der Waals surface area contributed by atoms with Crippen molar-refractivity contribution < 1.29 is 0 Å². The maximum absolute atomic E-state index is 5.65. The van der Waals surface area contributed by atoms with Crippen molar-refractivity contribution in [3.63, 3.8) is 0 Å². The molecule has 1 atom stereocenters. The van der Waals surface area contributed by atoms with E-state index >= 15 is 0 Å². The molecule has 3 nitrogen and oxygen atoms in total. The van der Waals surface area contributed by atoms with Crippen molar-refractivity contribution in [1.82, 2.24) is 4.98 Å². The highest BCUT2D eigenvalue weighted by atomic mass is 15.0. The van der Waals surface area contributed by atoms with Crippen LogP contribution in [-0.2, 0) is 0 Å². The van der Waals surface area contributed by atoms with E-state index in [1.165, 1.54) is 0 Å². The van der Waals surface area contributed by atoms with E-state index in [-0.39, 0.29) is 0 Å². The zero-order valence-electron chi connectivity index (χ0n) is 8.96. The van der Waals surface area contributed by atoms with Crippen LogP contribution in [0.1, 0.15) is 25.5 Å². The maximum Gasteiger partial charge on any atom is 0.126 e. The molecular formula is C11H19N3. The van der Waals surface area contributed by atoms with Crippen LogP contribution in [0.3, 0.4) is 0 Å². The molecule has 0 aliphatic carbocycles. The van der Waals surface area contributed by atoms with Crippen LogP contribution >= 0.6 is 0 Å². The fraction of sp³-hybridized carbons (Fsp3) is 0.545. The van der Waals surface area contributed by atoms with E-state index in [4.69, 9.17) is 5.73 Å². The molecule has 3 N–H and O–H groups in total. The second-order valence-electron chi connectivity index (χ2n) is 3.53. The van der Waals surface area contributed by atoms with Crippen LogP contribution in [0, 0.1) is 6.92 Å². The SMILES string of the molecule is CCCC(CN)Nc1cccc(C)n1. The molecule has 0 saturated heterocycles. The lowest BCUT2D eigenvalue weighted by molar-refractivity contribution is 0.645. The first-order chi connectivity index (χ1) is 6.76. The minimum absolute atomic E-state index is 0.342. The van der Waals surface area contributed by atoms with E-state index in [9.17, 15) is 0 Å². The molecule has 0 radical (unpaired) electrons. The summed E-state index contributed by atoms with van der Waals surface area (Å²) in [7, 11) is 0. The molecule has 1 aromatic heterocycles. The van der Waals surface area contributed by atoms with Crippen molar-refractivity contribution in [2.75, 3.05) is 11.9 Å². The highest BCUT2D eigenvalue weighted by Gasteiger charge is 2.05. The zero-order valence-corrected chi connectivity index (χ0v) is 8.96. The van der Waals surface area contributed by atoms with Gasteiger partial charge in [0, 0.05) is 18.3 Å². The van der Waals surface area contributed by atoms with Crippen LogP contribution in [0.2, 0.25) is 0 Å². The smallest absolute Gasteiger partial charge is 0.126 e. The Balaban J connectivity index is 2.57. The summed E-state index contributed by atoms with van der Waals surface area (Å²) in [6, 6.07) is 6.31. The Morgan fingerprint density at radius 1 is 1.50 bits per heavy atom. The fourth-order valence-corrected chi connectivity index (χ4v) is 1.43. The third-order valence-corrected chi connectivity index (χ3v) is 2.16. The van der Waals surface area contributed by atoms with Gasteiger partial charge >= 0.3 is 0 Å². The minimum Gasteiger partial charge on any atom is -0.366 e. The van der Waals surface area contributed by atoms with Crippen molar-refractivity contribution in [2.24, 2.45) is 5.73 Å². The molecule has 1 unspecified atom stereocenters. The predicted molar refractivity (Wildman–Crippen MR) is 60.3 cm³/mol. The Hall–Kier alpha value is -1.09. The van der Waals surface area contributed by atoms with E-state index in [0.29, 0.717) is 12.6 Å². The second kappa shape index (κ2) is 5.60. The van der Waals surface area contributed by atoms with Crippen molar-refractivity contribution in [2.45, 2.75) is 32.7 Å². The molecule has 0 aliphatic heterocycles. The van der Waals surface area contributed by atoms with Crippen molar-refractivity contribution in [3.8, 4) is 0 Å². The number of aryl methyl sites for hydroxylation is 1. The number of anilines is 1. The standard InChI is InChI=1S/C11H19N3/c1-3-5-10(8-12)14-11-7-4-6-9(2)13-11/h4,6-7,10H,3,5,8,12H2,1-2H3,(H,13,14). The molecule has 0 aliphatic rings. The molecule has 3 heteroatoms. The lowest BCUT2D eigenvalue weighted by atomic mass is 10.1. The summed E-state index contributed by atoms with van der Waals surface area (Å²) in [6.07, 6.45) is 2.23. The summed E-state index contributed by atoms with van der Waals surface area (Å²) in [5.41, 5.74) is 6.68. The van der Waals surface area contributed by atoms with E-state index < -0.39 is 0 Å². The van der Waals surface area contributed by atoms with E-state index in [1.807, 2.05) is 25.1 Å². The Bertz CT molecular complexity index is 273. The monoisotopic (exact) mass is 193 g/mol. The first-order valence-corrected chi connectivity index (χ1v) is 5.16. The van der Waals surface area contributed by atoms with Crippen LogP contribution in [0.4, 0.5) is 5.82 Å². The number of nitrogens with one attached hydrogen (secondary N) is 1. The minimum atomic E-state index is 0.342. The fourth-order valence-electron chi connectivity index (χ4n) is 1.43. The number of nitrogens with two attached hydrogens (primary N) is 1. The average molecular weight is 193 g/mol. The molecule has 0 spiro atoms. The summed E-state index contributed by atoms with van der Waals surface area (Å²) in [4.78, 5) is 4.38. The molecule has 0 amide bonds. The highest BCUT2D eigenvalue weighted by Crippen LogP contribution is 2.07. The first kappa shape index (κ1) is 11.0. The summed E-state index contributed by atoms with van der Waals surface area (Å²) in [6.45, 7) is 4.81. The van der Waals surface area contributed by atoms with E-state index in [1.54, 1.807) is 0 Å². The number of rotatable bonds is 5. The molecule has 0 aromatic carbocycles. The summed E-state index contributed by atoms with van der Waals surface area (Å²) < 4.78 is 0. The topological polar surface area (TPSA) is 50.9 Å². The number of aromatic nitrogens is 1. The quantitative estimate of drug-likeness (QED) is 0.751. The third kappa shape index (κ3) is 3.34. The van der Waals surface area contributed by atoms with Gasteiger partial charge in [-0.3, -0.25) is 0 Å². The normalized spacial score (nSPS) is 12.5. The van der Waals surface area contributed by atoms with E-state index in [2.05, 4.69) is 17.2 Å². The molecule has 0 fully saturated rings. The lowest BCUT2D eigenvalue weighted by Gasteiger charge is -2.16. The van der Waals surface area contributed by atoms with Gasteiger partial charge in [0.05, 0.1) is 0 Å². The highest BCUT2D eigenvalue weighted by molar-refractivity contribution is 5.36. The van der Waals surface area contributed by atoms with Gasteiger partial charge in [-0.15, -0.1) is 0 Å². The Kier molecular flexibility index (Phi) is 4.40. The molecule has 0 bridgehead atoms. The lowest BCUT2D eigenvalue weighted by Crippen LogP contribution is -2.28. The van der Waals surface area contributed by atoms with Gasteiger partial charge in [-0.25, -0.2) is 4.98 Å². The van der Waals surface area contributed by atoms with Crippen LogP contribution in [0.5, 0.6) is 0 Å². The Morgan fingerprint density at radius 2 is 2.29 bits per heavy atom. The van der Waals surface area contributed by atoms with Crippen LogP contribution in [-0.4, -0.2) is 17.6 Å². The van der Waals surface area contributed by atoms with Gasteiger partial charge in [0.15, 0.2) is 0 Å². The number of nitrogens with zero attached hydrogens (tertiary/aromatic N) is 1. The largest absolute Gasteiger partial charge is 0.366 e. The molecular weight excluding hydrogens is 174 g/mol. The number of pyridine rings is 1. The van der Waals surface area contributed by atoms with Gasteiger partial charge in [0.1, 0.15) is 5.82 Å². The maximum atomic E-state index is 5.65. The first-order valence-electron chi connectivity index (χ1n) is 5.16. The molecule has 0 saturated carbocycles. The Morgan fingerprint density at radius 3 is 2.86 bits per heavy atom. The van der Waals surface area contributed by atoms with Gasteiger partial charge in [0.2, 0.25) is 0 Å². The van der Waals surface area contributed by atoms with Crippen LogP contribution < -0.4 is 11.1 Å². The molecule has 1 heterocycles. The summed E-state index contributed by atoms with van der Waals surface area (Å²) in [5.74, 6) is 0.925. The van der Waals surface area contributed by atoms with Gasteiger partial charge in [-0.05, 0) is 25.5 Å². The van der Waals surface area contributed by atoms with Gasteiger partial charge in [-0.2, -0.15) is 0 Å². The molecule has 1 aromatic rings. The van der Waals surface area contributed by atoms with E-state index in [0.717, 1.165) is 24.4 Å². The molecule has 14 heavy (non-hydrogen) atoms. The van der Waals surface area contributed by atoms with Gasteiger partial charge in [-0.1, -0.05) is 19.4 Å². The average Bonchev–Trinajstić information content (AvgIpc) is 2.17. The van der Waals surface area contributed by atoms with Gasteiger partial charge in [0.25, 0.3) is 0 Å². The Labute approximate surface area is 85.7 Å².